The van der Waals surface area contributed by atoms with Gasteiger partial charge in [0.05, 0.1) is 5.69 Å². The number of thiazole rings is 1. The average Bonchev–Trinajstić information content (AvgIpc) is 3.40. The Hall–Kier alpha value is -2.97. The van der Waals surface area contributed by atoms with Gasteiger partial charge in [0.1, 0.15) is 0 Å². The molecule has 0 saturated carbocycles. The summed E-state index contributed by atoms with van der Waals surface area (Å²) in [6, 6.07) is 9.49. The second-order valence-electron chi connectivity index (χ2n) is 7.43. The highest BCUT2D eigenvalue weighted by Crippen LogP contribution is 2.25. The molecule has 0 unspecified atom stereocenters. The number of benzene rings is 1. The second-order valence-corrected chi connectivity index (χ2v) is 8.70. The van der Waals surface area contributed by atoms with Crippen molar-refractivity contribution < 1.29 is 4.79 Å². The van der Waals surface area contributed by atoms with E-state index in [1.54, 1.807) is 23.7 Å². The summed E-state index contributed by atoms with van der Waals surface area (Å²) in [7, 11) is 0. The number of aromatic nitrogens is 4. The van der Waals surface area contributed by atoms with Gasteiger partial charge in [-0.2, -0.15) is 0 Å². The number of carbonyl (C=O) groups excluding carboxylic acids is 1. The van der Waals surface area contributed by atoms with Crippen LogP contribution in [0.3, 0.4) is 0 Å². The van der Waals surface area contributed by atoms with Crippen LogP contribution in [0.25, 0.3) is 16.2 Å². The van der Waals surface area contributed by atoms with Crippen molar-refractivity contribution >= 4 is 39.8 Å². The molecule has 1 fully saturated rings. The van der Waals surface area contributed by atoms with Gasteiger partial charge in [-0.1, -0.05) is 23.7 Å². The molecule has 3 aromatic heterocycles. The third-order valence-electron chi connectivity index (χ3n) is 5.49. The first-order valence-corrected chi connectivity index (χ1v) is 11.4. The molecule has 4 heterocycles. The molecule has 1 amide bonds. The van der Waals surface area contributed by atoms with Crippen molar-refractivity contribution in [3.8, 4) is 11.3 Å². The Kier molecular flexibility index (Phi) is 5.57. The van der Waals surface area contributed by atoms with Gasteiger partial charge in [-0.15, -0.1) is 11.3 Å². The van der Waals surface area contributed by atoms with Gasteiger partial charge in [0, 0.05) is 72.9 Å². The van der Waals surface area contributed by atoms with Crippen molar-refractivity contribution in [3.05, 3.63) is 65.0 Å². The fourth-order valence-electron chi connectivity index (χ4n) is 3.77. The number of piperazine rings is 1. The summed E-state index contributed by atoms with van der Waals surface area (Å²) in [6.45, 7) is 2.90. The lowest BCUT2D eigenvalue weighted by Gasteiger charge is -2.34. The quantitative estimate of drug-likeness (QED) is 0.461. The number of aryl methyl sites for hydroxylation is 1. The zero-order valence-corrected chi connectivity index (χ0v) is 18.4. The number of amides is 1. The number of rotatable bonds is 5. The molecule has 7 nitrogen and oxygen atoms in total. The average molecular weight is 453 g/mol. The maximum Gasteiger partial charge on any atom is 0.225 e. The second kappa shape index (κ2) is 8.64. The van der Waals surface area contributed by atoms with E-state index in [9.17, 15) is 4.79 Å². The summed E-state index contributed by atoms with van der Waals surface area (Å²) in [5, 5.41) is 2.80. The molecular formula is C22H21ClN6OS. The lowest BCUT2D eigenvalue weighted by molar-refractivity contribution is -0.131. The summed E-state index contributed by atoms with van der Waals surface area (Å²) < 4.78 is 2.09. The van der Waals surface area contributed by atoms with Gasteiger partial charge in [-0.3, -0.25) is 9.20 Å². The lowest BCUT2D eigenvalue weighted by Crippen LogP contribution is -2.49. The molecule has 5 rings (SSSR count). The van der Waals surface area contributed by atoms with Crippen LogP contribution < -0.4 is 4.90 Å². The molecule has 0 atom stereocenters. The molecule has 0 aliphatic carbocycles. The predicted molar refractivity (Wildman–Crippen MR) is 123 cm³/mol. The number of fused-ring (bicyclic) bond motifs is 1. The Morgan fingerprint density at radius 1 is 1.06 bits per heavy atom. The SMILES string of the molecule is O=C(CCc1csc2nc(-c3ccc(Cl)cc3)cn12)N1CCN(c2ncccn2)CC1. The Morgan fingerprint density at radius 3 is 2.55 bits per heavy atom. The number of carbonyl (C=O) groups is 1. The van der Waals surface area contributed by atoms with Gasteiger partial charge in [-0.25, -0.2) is 15.0 Å². The fraction of sp³-hybridized carbons (Fsp3) is 0.273. The highest BCUT2D eigenvalue weighted by molar-refractivity contribution is 7.15. The van der Waals surface area contributed by atoms with Gasteiger partial charge in [0.25, 0.3) is 0 Å². The van der Waals surface area contributed by atoms with Crippen LogP contribution in [0.4, 0.5) is 5.95 Å². The van der Waals surface area contributed by atoms with Gasteiger partial charge < -0.3 is 9.80 Å². The number of imidazole rings is 1. The van der Waals surface area contributed by atoms with Crippen molar-refractivity contribution in [2.75, 3.05) is 31.1 Å². The first kappa shape index (κ1) is 20.0. The topological polar surface area (TPSA) is 66.6 Å². The van der Waals surface area contributed by atoms with E-state index in [4.69, 9.17) is 16.6 Å². The fourth-order valence-corrected chi connectivity index (χ4v) is 4.81. The highest BCUT2D eigenvalue weighted by Gasteiger charge is 2.22. The van der Waals surface area contributed by atoms with Crippen LogP contribution in [-0.2, 0) is 11.2 Å². The number of anilines is 1. The van der Waals surface area contributed by atoms with E-state index < -0.39 is 0 Å². The maximum atomic E-state index is 12.8. The van der Waals surface area contributed by atoms with Crippen LogP contribution in [0.1, 0.15) is 12.1 Å². The van der Waals surface area contributed by atoms with E-state index in [1.165, 1.54) is 0 Å². The Morgan fingerprint density at radius 2 is 1.81 bits per heavy atom. The summed E-state index contributed by atoms with van der Waals surface area (Å²) in [5.41, 5.74) is 3.05. The molecule has 1 aliphatic heterocycles. The normalized spacial score (nSPS) is 14.4. The minimum absolute atomic E-state index is 0.186. The number of hydrogen-bond donors (Lipinski definition) is 0. The van der Waals surface area contributed by atoms with Crippen LogP contribution in [-0.4, -0.2) is 56.3 Å². The van der Waals surface area contributed by atoms with E-state index in [0.29, 0.717) is 31.0 Å². The lowest BCUT2D eigenvalue weighted by atomic mass is 10.2. The molecule has 1 aromatic carbocycles. The smallest absolute Gasteiger partial charge is 0.225 e. The van der Waals surface area contributed by atoms with Crippen molar-refractivity contribution in [1.82, 2.24) is 24.3 Å². The Bertz CT molecular complexity index is 1180. The van der Waals surface area contributed by atoms with Crippen LogP contribution in [0.15, 0.2) is 54.3 Å². The molecule has 158 valence electrons. The Labute approximate surface area is 188 Å². The van der Waals surface area contributed by atoms with Crippen LogP contribution in [0.5, 0.6) is 0 Å². The van der Waals surface area contributed by atoms with Crippen molar-refractivity contribution in [3.63, 3.8) is 0 Å². The standard InChI is InChI=1S/C22H21ClN6OS/c23-17-4-2-16(3-5-17)19-14-29-18(15-31-22(29)26-19)6-7-20(30)27-10-12-28(13-11-27)21-24-8-1-9-25-21/h1-5,8-9,14-15H,6-7,10-13H2. The molecule has 0 bridgehead atoms. The van der Waals surface area contributed by atoms with Gasteiger partial charge in [-0.05, 0) is 24.6 Å². The zero-order chi connectivity index (χ0) is 21.2. The van der Waals surface area contributed by atoms with E-state index in [2.05, 4.69) is 24.6 Å². The largest absolute Gasteiger partial charge is 0.339 e. The molecular weight excluding hydrogens is 432 g/mol. The van der Waals surface area contributed by atoms with E-state index >= 15 is 0 Å². The van der Waals surface area contributed by atoms with Crippen LogP contribution >= 0.6 is 22.9 Å². The summed E-state index contributed by atoms with van der Waals surface area (Å²) in [4.78, 5) is 31.1. The van der Waals surface area contributed by atoms with Gasteiger partial charge in [0.15, 0.2) is 4.96 Å². The summed E-state index contributed by atoms with van der Waals surface area (Å²) in [5.74, 6) is 0.915. The number of halogens is 1. The first-order valence-electron chi connectivity index (χ1n) is 10.2. The van der Waals surface area contributed by atoms with Crippen molar-refractivity contribution in [2.24, 2.45) is 0 Å². The van der Waals surface area contributed by atoms with E-state index in [1.807, 2.05) is 41.4 Å². The van der Waals surface area contributed by atoms with Crippen molar-refractivity contribution in [1.29, 1.82) is 0 Å². The van der Waals surface area contributed by atoms with E-state index in [-0.39, 0.29) is 5.91 Å². The Balaban J connectivity index is 1.20. The van der Waals surface area contributed by atoms with Crippen LogP contribution in [0, 0.1) is 0 Å². The minimum Gasteiger partial charge on any atom is -0.339 e. The van der Waals surface area contributed by atoms with Gasteiger partial charge in [0.2, 0.25) is 11.9 Å². The molecule has 0 radical (unpaired) electrons. The molecule has 31 heavy (non-hydrogen) atoms. The highest BCUT2D eigenvalue weighted by atomic mass is 35.5. The minimum atomic E-state index is 0.186. The van der Waals surface area contributed by atoms with Crippen molar-refractivity contribution in [2.45, 2.75) is 12.8 Å². The molecule has 9 heteroatoms. The number of hydrogen-bond acceptors (Lipinski definition) is 6. The summed E-state index contributed by atoms with van der Waals surface area (Å²) in [6.07, 6.45) is 6.71. The third kappa shape index (κ3) is 4.26. The van der Waals surface area contributed by atoms with Gasteiger partial charge >= 0.3 is 0 Å². The molecule has 4 aromatic rings. The van der Waals surface area contributed by atoms with E-state index in [0.717, 1.165) is 41.0 Å². The predicted octanol–water partition coefficient (Wildman–Crippen LogP) is 3.79. The third-order valence-corrected chi connectivity index (χ3v) is 6.63. The molecule has 1 aliphatic rings. The molecule has 0 spiro atoms. The first-order chi connectivity index (χ1) is 15.2. The molecule has 1 saturated heterocycles. The monoisotopic (exact) mass is 452 g/mol. The number of nitrogens with zero attached hydrogens (tertiary/aromatic N) is 6. The molecule has 0 N–H and O–H groups in total. The maximum absolute atomic E-state index is 12.8. The zero-order valence-electron chi connectivity index (χ0n) is 16.8. The van der Waals surface area contributed by atoms with Crippen LogP contribution in [0.2, 0.25) is 5.02 Å². The summed E-state index contributed by atoms with van der Waals surface area (Å²) >= 11 is 7.59.